The van der Waals surface area contributed by atoms with E-state index in [1.807, 2.05) is 36.4 Å². The number of hydrogen-bond acceptors (Lipinski definition) is 3. The number of para-hydroxylation sites is 1. The first kappa shape index (κ1) is 12.9. The van der Waals surface area contributed by atoms with E-state index in [9.17, 15) is 9.59 Å². The molecule has 21 heavy (non-hydrogen) atoms. The van der Waals surface area contributed by atoms with E-state index in [2.05, 4.69) is 10.2 Å². The zero-order valence-electron chi connectivity index (χ0n) is 11.0. The van der Waals surface area contributed by atoms with Gasteiger partial charge in [-0.15, -0.1) is 4.68 Å². The fourth-order valence-corrected chi connectivity index (χ4v) is 1.89. The maximum atomic E-state index is 12.2. The lowest BCUT2D eigenvalue weighted by Crippen LogP contribution is -2.25. The normalized spacial score (nSPS) is 11.0. The van der Waals surface area contributed by atoms with E-state index in [-0.39, 0.29) is 0 Å². The van der Waals surface area contributed by atoms with Crippen molar-refractivity contribution in [3.63, 3.8) is 0 Å². The summed E-state index contributed by atoms with van der Waals surface area (Å²) in [5, 5.41) is 6.40. The molecule has 1 heterocycles. The van der Waals surface area contributed by atoms with Crippen LogP contribution in [0.4, 0.5) is 0 Å². The Hall–Kier alpha value is -3.15. The monoisotopic (exact) mass is 280 g/mol. The Morgan fingerprint density at radius 1 is 0.905 bits per heavy atom. The molecule has 0 saturated carbocycles. The summed E-state index contributed by atoms with van der Waals surface area (Å²) in [6.07, 6.45) is 1.46. The second-order valence-electron chi connectivity index (χ2n) is 4.34. The number of hydrogen-bond donors (Lipinski definition) is 1. The largest absolute Gasteiger partial charge is 0.372 e. The SMILES string of the molecule is O=c1[nH]n(-c2ccccc2)c(=O)n1/N=C/c1ccccc1. The molecule has 0 amide bonds. The average molecular weight is 280 g/mol. The second-order valence-corrected chi connectivity index (χ2v) is 4.34. The lowest BCUT2D eigenvalue weighted by molar-refractivity contribution is 0.779. The van der Waals surface area contributed by atoms with E-state index < -0.39 is 11.4 Å². The molecule has 0 atom stereocenters. The van der Waals surface area contributed by atoms with Gasteiger partial charge in [-0.1, -0.05) is 48.5 Å². The molecular formula is C15H12N4O2. The third-order valence-corrected chi connectivity index (χ3v) is 2.91. The number of aromatic nitrogens is 3. The number of nitrogens with one attached hydrogen (secondary N) is 1. The summed E-state index contributed by atoms with van der Waals surface area (Å²) in [6.45, 7) is 0. The summed E-state index contributed by atoms with van der Waals surface area (Å²) in [7, 11) is 0. The third-order valence-electron chi connectivity index (χ3n) is 2.91. The fraction of sp³-hybridized carbons (Fsp3) is 0. The van der Waals surface area contributed by atoms with Crippen molar-refractivity contribution < 1.29 is 0 Å². The number of rotatable bonds is 3. The topological polar surface area (TPSA) is 72.2 Å². The van der Waals surface area contributed by atoms with Gasteiger partial charge in [0, 0.05) is 0 Å². The van der Waals surface area contributed by atoms with Crippen molar-refractivity contribution in [2.45, 2.75) is 0 Å². The summed E-state index contributed by atoms with van der Waals surface area (Å²) in [5.41, 5.74) is 0.249. The number of aromatic amines is 1. The van der Waals surface area contributed by atoms with Crippen LogP contribution in [0.3, 0.4) is 0 Å². The van der Waals surface area contributed by atoms with E-state index in [1.54, 1.807) is 24.3 Å². The maximum absolute atomic E-state index is 12.2. The molecule has 1 aromatic heterocycles. The minimum absolute atomic E-state index is 0.543. The molecule has 3 rings (SSSR count). The Balaban J connectivity index is 2.02. The molecule has 6 heteroatoms. The van der Waals surface area contributed by atoms with Crippen molar-refractivity contribution >= 4 is 6.21 Å². The zero-order valence-corrected chi connectivity index (χ0v) is 11.0. The van der Waals surface area contributed by atoms with Gasteiger partial charge in [0.25, 0.3) is 0 Å². The van der Waals surface area contributed by atoms with Crippen LogP contribution in [0.5, 0.6) is 0 Å². The van der Waals surface area contributed by atoms with E-state index in [0.717, 1.165) is 14.9 Å². The Kier molecular flexibility index (Phi) is 3.34. The molecule has 0 saturated heterocycles. The summed E-state index contributed by atoms with van der Waals surface area (Å²) in [6, 6.07) is 18.1. The highest BCUT2D eigenvalue weighted by atomic mass is 16.2. The van der Waals surface area contributed by atoms with E-state index >= 15 is 0 Å². The maximum Gasteiger partial charge on any atom is 0.372 e. The summed E-state index contributed by atoms with van der Waals surface area (Å²) < 4.78 is 1.95. The van der Waals surface area contributed by atoms with Crippen molar-refractivity contribution in [3.8, 4) is 5.69 Å². The summed E-state index contributed by atoms with van der Waals surface area (Å²) >= 11 is 0. The highest BCUT2D eigenvalue weighted by molar-refractivity contribution is 5.79. The first-order chi connectivity index (χ1) is 10.3. The molecule has 0 radical (unpaired) electrons. The van der Waals surface area contributed by atoms with Crippen LogP contribution >= 0.6 is 0 Å². The quantitative estimate of drug-likeness (QED) is 0.732. The van der Waals surface area contributed by atoms with Crippen LogP contribution in [-0.4, -0.2) is 20.7 Å². The second kappa shape index (κ2) is 5.46. The predicted molar refractivity (Wildman–Crippen MR) is 80.1 cm³/mol. The fourth-order valence-electron chi connectivity index (χ4n) is 1.89. The van der Waals surface area contributed by atoms with Crippen LogP contribution in [0.15, 0.2) is 75.4 Å². The van der Waals surface area contributed by atoms with Crippen molar-refractivity contribution in [3.05, 3.63) is 87.2 Å². The van der Waals surface area contributed by atoms with Gasteiger partial charge in [0.2, 0.25) is 0 Å². The van der Waals surface area contributed by atoms with Crippen LogP contribution < -0.4 is 11.4 Å². The molecule has 0 bridgehead atoms. The molecule has 0 aliphatic rings. The molecule has 0 fully saturated rings. The van der Waals surface area contributed by atoms with Gasteiger partial charge in [0.05, 0.1) is 11.9 Å². The standard InChI is InChI=1S/C15H12N4O2/c20-14-17-18(13-9-5-2-6-10-13)15(21)19(14)16-11-12-7-3-1-4-8-12/h1-11H,(H,17,20)/b16-11+. The molecular weight excluding hydrogens is 268 g/mol. The number of nitrogens with zero attached hydrogens (tertiary/aromatic N) is 3. The smallest absolute Gasteiger partial charge is 0.244 e. The van der Waals surface area contributed by atoms with Crippen LogP contribution in [0, 0.1) is 0 Å². The highest BCUT2D eigenvalue weighted by Gasteiger charge is 2.08. The van der Waals surface area contributed by atoms with Crippen molar-refractivity contribution in [2.75, 3.05) is 0 Å². The van der Waals surface area contributed by atoms with Crippen molar-refractivity contribution in [1.82, 2.24) is 14.5 Å². The minimum atomic E-state index is -0.587. The Morgan fingerprint density at radius 3 is 2.19 bits per heavy atom. The van der Waals surface area contributed by atoms with Crippen molar-refractivity contribution in [2.24, 2.45) is 5.10 Å². The summed E-state index contributed by atoms with van der Waals surface area (Å²) in [5.74, 6) is 0. The van der Waals surface area contributed by atoms with Crippen LogP contribution in [0.2, 0.25) is 0 Å². The number of H-pyrrole nitrogens is 1. The van der Waals surface area contributed by atoms with Crippen LogP contribution in [0.25, 0.3) is 5.69 Å². The molecule has 104 valence electrons. The molecule has 3 aromatic rings. The van der Waals surface area contributed by atoms with Gasteiger partial charge in [0.1, 0.15) is 0 Å². The van der Waals surface area contributed by atoms with Gasteiger partial charge in [-0.2, -0.15) is 9.78 Å². The summed E-state index contributed by atoms with van der Waals surface area (Å²) in [4.78, 5) is 24.0. The molecule has 0 spiro atoms. The Morgan fingerprint density at radius 2 is 1.52 bits per heavy atom. The third kappa shape index (κ3) is 2.59. The van der Waals surface area contributed by atoms with Crippen LogP contribution in [0.1, 0.15) is 5.56 Å². The minimum Gasteiger partial charge on any atom is -0.244 e. The van der Waals surface area contributed by atoms with Gasteiger partial charge >= 0.3 is 11.4 Å². The Bertz CT molecular complexity index is 873. The first-order valence-electron chi connectivity index (χ1n) is 6.34. The van der Waals surface area contributed by atoms with Gasteiger partial charge < -0.3 is 0 Å². The van der Waals surface area contributed by atoms with Gasteiger partial charge in [-0.3, -0.25) is 0 Å². The lowest BCUT2D eigenvalue weighted by atomic mass is 10.2. The van der Waals surface area contributed by atoms with Crippen molar-refractivity contribution in [1.29, 1.82) is 0 Å². The Labute approximate surface area is 119 Å². The van der Waals surface area contributed by atoms with Crippen LogP contribution in [-0.2, 0) is 0 Å². The lowest BCUT2D eigenvalue weighted by Gasteiger charge is -1.97. The van der Waals surface area contributed by atoms with E-state index in [4.69, 9.17) is 0 Å². The molecule has 0 aliphatic carbocycles. The molecule has 0 aliphatic heterocycles. The number of benzene rings is 2. The van der Waals surface area contributed by atoms with Gasteiger partial charge in [0.15, 0.2) is 0 Å². The molecule has 1 N–H and O–H groups in total. The predicted octanol–water partition coefficient (Wildman–Crippen LogP) is 1.21. The molecule has 2 aromatic carbocycles. The van der Waals surface area contributed by atoms with Gasteiger partial charge in [-0.05, 0) is 17.7 Å². The van der Waals surface area contributed by atoms with E-state index in [0.29, 0.717) is 5.69 Å². The first-order valence-corrected chi connectivity index (χ1v) is 6.34. The highest BCUT2D eigenvalue weighted by Crippen LogP contribution is 2.00. The zero-order chi connectivity index (χ0) is 14.7. The molecule has 6 nitrogen and oxygen atoms in total. The van der Waals surface area contributed by atoms with Gasteiger partial charge in [-0.25, -0.2) is 14.7 Å². The van der Waals surface area contributed by atoms with E-state index in [1.165, 1.54) is 6.21 Å². The molecule has 0 unspecified atom stereocenters. The average Bonchev–Trinajstić information content (AvgIpc) is 2.82.